The standard InChI is InChI=1S/C15H12N2S2/c1-3-7-12(8-4-1)15-17-16-14(19-15)11-18-13-9-5-2-6-10-13/h1-10H,11H2. The van der Waals surface area contributed by atoms with Crippen LogP contribution in [0.5, 0.6) is 0 Å². The molecule has 0 amide bonds. The minimum atomic E-state index is 0.870. The van der Waals surface area contributed by atoms with E-state index in [9.17, 15) is 0 Å². The summed E-state index contributed by atoms with van der Waals surface area (Å²) in [5, 5.41) is 10.6. The predicted octanol–water partition coefficient (Wildman–Crippen LogP) is 4.50. The molecule has 0 saturated carbocycles. The number of nitrogens with zero attached hydrogens (tertiary/aromatic N) is 2. The van der Waals surface area contributed by atoms with E-state index in [2.05, 4.69) is 46.6 Å². The molecule has 0 fully saturated rings. The maximum absolute atomic E-state index is 4.26. The summed E-state index contributed by atoms with van der Waals surface area (Å²) in [6.45, 7) is 0. The maximum Gasteiger partial charge on any atom is 0.147 e. The molecule has 0 N–H and O–H groups in total. The van der Waals surface area contributed by atoms with Gasteiger partial charge in [0.2, 0.25) is 0 Å². The van der Waals surface area contributed by atoms with E-state index in [-0.39, 0.29) is 0 Å². The normalized spacial score (nSPS) is 10.5. The highest BCUT2D eigenvalue weighted by atomic mass is 32.2. The molecule has 1 heterocycles. The highest BCUT2D eigenvalue weighted by Crippen LogP contribution is 2.28. The van der Waals surface area contributed by atoms with E-state index in [0.29, 0.717) is 0 Å². The maximum atomic E-state index is 4.26. The van der Waals surface area contributed by atoms with Gasteiger partial charge in [0, 0.05) is 10.5 Å². The smallest absolute Gasteiger partial charge is 0.142 e. The molecule has 0 unspecified atom stereocenters. The average Bonchev–Trinajstić information content (AvgIpc) is 2.96. The molecule has 0 bridgehead atoms. The zero-order valence-corrected chi connectivity index (χ0v) is 11.8. The van der Waals surface area contributed by atoms with Gasteiger partial charge in [-0.2, -0.15) is 0 Å². The lowest BCUT2D eigenvalue weighted by molar-refractivity contribution is 1.04. The molecule has 4 heteroatoms. The van der Waals surface area contributed by atoms with Gasteiger partial charge in [0.1, 0.15) is 10.0 Å². The molecule has 0 radical (unpaired) electrons. The summed E-state index contributed by atoms with van der Waals surface area (Å²) in [5.74, 6) is 0.870. The number of benzene rings is 2. The molecule has 19 heavy (non-hydrogen) atoms. The summed E-state index contributed by atoms with van der Waals surface area (Å²) in [5.41, 5.74) is 1.14. The second-order valence-electron chi connectivity index (χ2n) is 3.97. The zero-order valence-electron chi connectivity index (χ0n) is 10.2. The molecule has 3 aromatic rings. The van der Waals surface area contributed by atoms with Crippen molar-refractivity contribution in [3.8, 4) is 10.6 Å². The Bertz CT molecular complexity index is 636. The monoisotopic (exact) mass is 284 g/mol. The first-order chi connectivity index (χ1) is 9.42. The predicted molar refractivity (Wildman–Crippen MR) is 81.3 cm³/mol. The zero-order chi connectivity index (χ0) is 12.9. The third-order valence-corrected chi connectivity index (χ3v) is 4.77. The largest absolute Gasteiger partial charge is 0.147 e. The molecule has 3 rings (SSSR count). The van der Waals surface area contributed by atoms with E-state index in [0.717, 1.165) is 21.3 Å². The molecule has 0 aliphatic rings. The Kier molecular flexibility index (Phi) is 3.91. The minimum Gasteiger partial charge on any atom is -0.142 e. The fraction of sp³-hybridized carbons (Fsp3) is 0.0667. The Balaban J connectivity index is 1.69. The fourth-order valence-corrected chi connectivity index (χ4v) is 3.42. The lowest BCUT2D eigenvalue weighted by Crippen LogP contribution is -1.79. The quantitative estimate of drug-likeness (QED) is 0.660. The summed E-state index contributed by atoms with van der Waals surface area (Å²) < 4.78 is 0. The second kappa shape index (κ2) is 5.99. The van der Waals surface area contributed by atoms with Crippen molar-refractivity contribution in [3.63, 3.8) is 0 Å². The van der Waals surface area contributed by atoms with Gasteiger partial charge in [-0.3, -0.25) is 0 Å². The molecule has 0 atom stereocenters. The molecule has 0 aliphatic heterocycles. The van der Waals surface area contributed by atoms with Crippen LogP contribution in [0.1, 0.15) is 5.01 Å². The second-order valence-corrected chi connectivity index (χ2v) is 6.08. The number of thioether (sulfide) groups is 1. The molecular formula is C15H12N2S2. The van der Waals surface area contributed by atoms with Crippen molar-refractivity contribution in [1.82, 2.24) is 10.2 Å². The van der Waals surface area contributed by atoms with Gasteiger partial charge < -0.3 is 0 Å². The minimum absolute atomic E-state index is 0.870. The first-order valence-electron chi connectivity index (χ1n) is 5.97. The van der Waals surface area contributed by atoms with Crippen LogP contribution in [0.4, 0.5) is 0 Å². The molecule has 0 aliphatic carbocycles. The van der Waals surface area contributed by atoms with Crippen LogP contribution in [-0.4, -0.2) is 10.2 Å². The average molecular weight is 284 g/mol. The van der Waals surface area contributed by atoms with Gasteiger partial charge in [0.15, 0.2) is 0 Å². The van der Waals surface area contributed by atoms with Crippen LogP contribution in [0.25, 0.3) is 10.6 Å². The SMILES string of the molecule is c1ccc(SCc2nnc(-c3ccccc3)s2)cc1. The molecule has 0 saturated heterocycles. The highest BCUT2D eigenvalue weighted by Gasteiger charge is 2.06. The third-order valence-electron chi connectivity index (χ3n) is 2.59. The molecule has 94 valence electrons. The summed E-state index contributed by atoms with van der Waals surface area (Å²) in [4.78, 5) is 1.26. The summed E-state index contributed by atoms with van der Waals surface area (Å²) in [6.07, 6.45) is 0. The Morgan fingerprint density at radius 3 is 2.26 bits per heavy atom. The van der Waals surface area contributed by atoms with Crippen molar-refractivity contribution in [2.24, 2.45) is 0 Å². The van der Waals surface area contributed by atoms with Crippen LogP contribution in [0.3, 0.4) is 0 Å². The summed E-state index contributed by atoms with van der Waals surface area (Å²) >= 11 is 3.45. The Labute approximate surface area is 120 Å². The van der Waals surface area contributed by atoms with Crippen molar-refractivity contribution >= 4 is 23.1 Å². The lowest BCUT2D eigenvalue weighted by Gasteiger charge is -1.96. The molecule has 2 aromatic carbocycles. The summed E-state index contributed by atoms with van der Waals surface area (Å²) in [7, 11) is 0. The van der Waals surface area contributed by atoms with E-state index in [1.807, 2.05) is 24.3 Å². The first kappa shape index (κ1) is 12.4. The van der Waals surface area contributed by atoms with Crippen molar-refractivity contribution in [1.29, 1.82) is 0 Å². The van der Waals surface area contributed by atoms with E-state index in [4.69, 9.17) is 0 Å². The Morgan fingerprint density at radius 1 is 0.842 bits per heavy atom. The van der Waals surface area contributed by atoms with Gasteiger partial charge in [-0.05, 0) is 12.1 Å². The van der Waals surface area contributed by atoms with Gasteiger partial charge in [-0.15, -0.1) is 22.0 Å². The fourth-order valence-electron chi connectivity index (χ4n) is 1.67. The van der Waals surface area contributed by atoms with Crippen LogP contribution in [0.2, 0.25) is 0 Å². The van der Waals surface area contributed by atoms with Gasteiger partial charge >= 0.3 is 0 Å². The summed E-state index contributed by atoms with van der Waals surface area (Å²) in [6, 6.07) is 20.6. The van der Waals surface area contributed by atoms with Crippen LogP contribution in [-0.2, 0) is 5.75 Å². The number of hydrogen-bond donors (Lipinski definition) is 0. The Hall–Kier alpha value is -1.65. The van der Waals surface area contributed by atoms with Gasteiger partial charge in [0.05, 0.1) is 5.75 Å². The van der Waals surface area contributed by atoms with Crippen molar-refractivity contribution < 1.29 is 0 Å². The van der Waals surface area contributed by atoms with E-state index in [1.54, 1.807) is 23.1 Å². The van der Waals surface area contributed by atoms with Gasteiger partial charge in [0.25, 0.3) is 0 Å². The van der Waals surface area contributed by atoms with Gasteiger partial charge in [-0.25, -0.2) is 0 Å². The van der Waals surface area contributed by atoms with Crippen LogP contribution in [0, 0.1) is 0 Å². The Morgan fingerprint density at radius 2 is 1.53 bits per heavy atom. The van der Waals surface area contributed by atoms with Gasteiger partial charge in [-0.1, -0.05) is 59.9 Å². The molecule has 0 spiro atoms. The third kappa shape index (κ3) is 3.22. The highest BCUT2D eigenvalue weighted by molar-refractivity contribution is 7.98. The topological polar surface area (TPSA) is 25.8 Å². The molecular weight excluding hydrogens is 272 g/mol. The van der Waals surface area contributed by atoms with Crippen molar-refractivity contribution in [2.75, 3.05) is 0 Å². The van der Waals surface area contributed by atoms with E-state index >= 15 is 0 Å². The molecule has 1 aromatic heterocycles. The van der Waals surface area contributed by atoms with E-state index in [1.165, 1.54) is 4.90 Å². The number of hydrogen-bond acceptors (Lipinski definition) is 4. The molecule has 2 nitrogen and oxygen atoms in total. The van der Waals surface area contributed by atoms with E-state index < -0.39 is 0 Å². The van der Waals surface area contributed by atoms with Crippen LogP contribution < -0.4 is 0 Å². The first-order valence-corrected chi connectivity index (χ1v) is 7.78. The van der Waals surface area contributed by atoms with Crippen LogP contribution in [0.15, 0.2) is 65.6 Å². The van der Waals surface area contributed by atoms with Crippen molar-refractivity contribution in [3.05, 3.63) is 65.7 Å². The number of rotatable bonds is 4. The van der Waals surface area contributed by atoms with Crippen LogP contribution >= 0.6 is 23.1 Å². The van der Waals surface area contributed by atoms with Crippen molar-refractivity contribution in [2.45, 2.75) is 10.6 Å². The number of aromatic nitrogens is 2. The lowest BCUT2D eigenvalue weighted by atomic mass is 10.2.